The zero-order chi connectivity index (χ0) is 70.0. The van der Waals surface area contributed by atoms with Gasteiger partial charge in [-0.1, -0.05) is 316 Å². The second-order valence-electron chi connectivity index (χ2n) is 27.7. The SMILES string of the molecule is CCCCCC/C=C\C=C/CCCCCCCC(=O)OC[C@H](COP(=O)(O)OC[C@@H](O)COP(=O)(O)OC[C@@H](COC(=O)CCCCCCCCCCC(C)C)OC(=O)CCCCCCCCCCCC(C)C)OC(=O)CCCCCCCCCCCCCCCCCCC. The summed E-state index contributed by atoms with van der Waals surface area (Å²) >= 11 is 0. The van der Waals surface area contributed by atoms with E-state index in [2.05, 4.69) is 65.8 Å². The van der Waals surface area contributed by atoms with Gasteiger partial charge in [-0.2, -0.15) is 0 Å². The first-order chi connectivity index (χ1) is 45.9. The summed E-state index contributed by atoms with van der Waals surface area (Å²) in [7, 11) is -9.92. The Morgan fingerprint density at radius 2 is 0.568 bits per heavy atom. The molecule has 0 radical (unpaired) electrons. The molecule has 0 aliphatic heterocycles. The Balaban J connectivity index is 5.29. The van der Waals surface area contributed by atoms with Gasteiger partial charge in [-0.05, 0) is 63.2 Å². The zero-order valence-corrected chi connectivity index (χ0v) is 63.2. The first-order valence-corrected chi connectivity index (χ1v) is 41.8. The molecule has 17 nitrogen and oxygen atoms in total. The minimum absolute atomic E-state index is 0.101. The van der Waals surface area contributed by atoms with Crippen molar-refractivity contribution < 1.29 is 80.2 Å². The Labute approximate surface area is 580 Å². The second kappa shape index (κ2) is 67.4. The van der Waals surface area contributed by atoms with Gasteiger partial charge in [0.25, 0.3) is 0 Å². The van der Waals surface area contributed by atoms with Gasteiger partial charge < -0.3 is 33.8 Å². The third-order valence-electron chi connectivity index (χ3n) is 17.1. The predicted octanol–water partition coefficient (Wildman–Crippen LogP) is 21.9. The van der Waals surface area contributed by atoms with E-state index in [1.54, 1.807) is 0 Å². The maximum absolute atomic E-state index is 13.1. The molecule has 560 valence electrons. The molecule has 0 saturated carbocycles. The van der Waals surface area contributed by atoms with Crippen LogP contribution in [0.25, 0.3) is 0 Å². The highest BCUT2D eigenvalue weighted by molar-refractivity contribution is 7.47. The number of aliphatic hydroxyl groups is 1. The summed E-state index contributed by atoms with van der Waals surface area (Å²) in [5, 5.41) is 10.6. The molecule has 5 atom stereocenters. The van der Waals surface area contributed by atoms with Gasteiger partial charge in [0.05, 0.1) is 26.4 Å². The Bertz CT molecular complexity index is 1930. The fourth-order valence-electron chi connectivity index (χ4n) is 11.1. The van der Waals surface area contributed by atoms with Crippen molar-refractivity contribution in [2.24, 2.45) is 11.8 Å². The highest BCUT2D eigenvalue weighted by Crippen LogP contribution is 2.45. The lowest BCUT2D eigenvalue weighted by Gasteiger charge is -2.21. The van der Waals surface area contributed by atoms with E-state index in [1.165, 1.54) is 167 Å². The van der Waals surface area contributed by atoms with E-state index in [1.807, 2.05) is 0 Å². The van der Waals surface area contributed by atoms with E-state index in [0.717, 1.165) is 121 Å². The van der Waals surface area contributed by atoms with Crippen molar-refractivity contribution in [3.05, 3.63) is 24.3 Å². The highest BCUT2D eigenvalue weighted by atomic mass is 31.2. The van der Waals surface area contributed by atoms with Crippen LogP contribution in [-0.4, -0.2) is 96.7 Å². The van der Waals surface area contributed by atoms with Crippen LogP contribution in [0, 0.1) is 11.8 Å². The molecule has 0 aromatic heterocycles. The summed E-state index contributed by atoms with van der Waals surface area (Å²) in [6.45, 7) is 9.47. The van der Waals surface area contributed by atoms with Gasteiger partial charge in [-0.3, -0.25) is 37.3 Å². The first-order valence-electron chi connectivity index (χ1n) is 38.8. The topological polar surface area (TPSA) is 237 Å². The monoisotopic (exact) mass is 1390 g/mol. The Hall–Kier alpha value is -2.46. The lowest BCUT2D eigenvalue weighted by molar-refractivity contribution is -0.161. The fraction of sp³-hybridized carbons (Fsp3) is 0.895. The van der Waals surface area contributed by atoms with Crippen molar-refractivity contribution in [2.75, 3.05) is 39.6 Å². The van der Waals surface area contributed by atoms with Gasteiger partial charge in [0, 0.05) is 25.7 Å². The molecular formula is C76H144O17P2. The number of hydrogen-bond acceptors (Lipinski definition) is 15. The van der Waals surface area contributed by atoms with E-state index in [0.29, 0.717) is 25.7 Å². The number of carbonyl (C=O) groups is 4. The second-order valence-corrected chi connectivity index (χ2v) is 30.6. The van der Waals surface area contributed by atoms with Crippen LogP contribution >= 0.6 is 15.6 Å². The van der Waals surface area contributed by atoms with Gasteiger partial charge in [0.1, 0.15) is 19.3 Å². The average Bonchev–Trinajstić information content (AvgIpc) is 1.61. The normalized spacial score (nSPS) is 14.2. The van der Waals surface area contributed by atoms with Crippen LogP contribution in [0.3, 0.4) is 0 Å². The van der Waals surface area contributed by atoms with Gasteiger partial charge >= 0.3 is 39.5 Å². The molecule has 0 spiro atoms. The predicted molar refractivity (Wildman–Crippen MR) is 386 cm³/mol. The van der Waals surface area contributed by atoms with E-state index in [4.69, 9.17) is 37.0 Å². The van der Waals surface area contributed by atoms with Crippen LogP contribution in [-0.2, 0) is 65.4 Å². The standard InChI is InChI=1S/C76H144O17P2/c1-7-9-11-13-15-17-19-21-23-24-26-28-30-34-42-48-54-60-75(80)92-71(64-86-73(78)58-52-46-40-33-29-27-25-22-20-18-16-14-12-10-8-2)66-90-94(82,83)88-62-70(77)63-89-95(84,85)91-67-72(65-87-74(79)59-53-47-41-37-36-39-45-51-57-69(5)6)93-76(81)61-55-49-43-35-31-32-38-44-50-56-68(3)4/h18,20,22,25,68-72,77H,7-17,19,21,23-24,26-67H2,1-6H3,(H,82,83)(H,84,85)/b20-18-,25-22-/t70-,71-,72-/m1/s1. The summed E-state index contributed by atoms with van der Waals surface area (Å²) in [6.07, 6.45) is 57.7. The number of phosphoric ester groups is 2. The molecular weight excluding hydrogens is 1250 g/mol. The van der Waals surface area contributed by atoms with E-state index < -0.39 is 97.5 Å². The summed E-state index contributed by atoms with van der Waals surface area (Å²) in [4.78, 5) is 72.8. The summed E-state index contributed by atoms with van der Waals surface area (Å²) in [5.74, 6) is -0.687. The molecule has 0 heterocycles. The van der Waals surface area contributed by atoms with Crippen molar-refractivity contribution >= 4 is 39.5 Å². The third kappa shape index (κ3) is 69.8. The Morgan fingerprint density at radius 1 is 0.326 bits per heavy atom. The summed E-state index contributed by atoms with van der Waals surface area (Å²) in [6, 6.07) is 0. The molecule has 0 saturated heterocycles. The van der Waals surface area contributed by atoms with Crippen molar-refractivity contribution in [1.82, 2.24) is 0 Å². The number of phosphoric acid groups is 2. The number of unbranched alkanes of at least 4 members (excludes halogenated alkanes) is 40. The number of allylic oxidation sites excluding steroid dienone is 4. The molecule has 0 aliphatic carbocycles. The molecule has 0 fully saturated rings. The molecule has 0 aromatic carbocycles. The summed E-state index contributed by atoms with van der Waals surface area (Å²) in [5.41, 5.74) is 0. The zero-order valence-electron chi connectivity index (χ0n) is 61.5. The molecule has 0 bridgehead atoms. The van der Waals surface area contributed by atoms with Gasteiger partial charge in [0.2, 0.25) is 0 Å². The average molecular weight is 1390 g/mol. The Morgan fingerprint density at radius 3 is 0.863 bits per heavy atom. The number of carbonyl (C=O) groups excluding carboxylic acids is 4. The number of hydrogen-bond donors (Lipinski definition) is 3. The van der Waals surface area contributed by atoms with Crippen LogP contribution in [0.15, 0.2) is 24.3 Å². The third-order valence-corrected chi connectivity index (χ3v) is 19.0. The lowest BCUT2D eigenvalue weighted by atomic mass is 10.0. The maximum Gasteiger partial charge on any atom is 0.472 e. The molecule has 95 heavy (non-hydrogen) atoms. The number of esters is 4. The number of ether oxygens (including phenoxy) is 4. The van der Waals surface area contributed by atoms with E-state index in [-0.39, 0.29) is 25.7 Å². The van der Waals surface area contributed by atoms with Crippen LogP contribution in [0.2, 0.25) is 0 Å². The van der Waals surface area contributed by atoms with Crippen LogP contribution in [0.4, 0.5) is 0 Å². The Kier molecular flexibility index (Phi) is 65.6. The molecule has 2 unspecified atom stereocenters. The van der Waals surface area contributed by atoms with Crippen molar-refractivity contribution in [2.45, 2.75) is 387 Å². The quantitative estimate of drug-likeness (QED) is 0.0169. The van der Waals surface area contributed by atoms with Crippen LogP contribution < -0.4 is 0 Å². The van der Waals surface area contributed by atoms with Crippen molar-refractivity contribution in [3.8, 4) is 0 Å². The first kappa shape index (κ1) is 92.5. The van der Waals surface area contributed by atoms with E-state index in [9.17, 15) is 43.2 Å². The number of rotatable bonds is 73. The van der Waals surface area contributed by atoms with Crippen molar-refractivity contribution in [1.29, 1.82) is 0 Å². The minimum Gasteiger partial charge on any atom is -0.462 e. The maximum atomic E-state index is 13.1. The van der Waals surface area contributed by atoms with Gasteiger partial charge in [-0.15, -0.1) is 0 Å². The van der Waals surface area contributed by atoms with E-state index >= 15 is 0 Å². The van der Waals surface area contributed by atoms with Crippen LogP contribution in [0.1, 0.15) is 369 Å². The van der Waals surface area contributed by atoms with Crippen molar-refractivity contribution in [3.63, 3.8) is 0 Å². The van der Waals surface area contributed by atoms with Crippen LogP contribution in [0.5, 0.6) is 0 Å². The molecule has 19 heteroatoms. The van der Waals surface area contributed by atoms with Gasteiger partial charge in [-0.25, -0.2) is 9.13 Å². The molecule has 0 rings (SSSR count). The molecule has 0 aromatic rings. The highest BCUT2D eigenvalue weighted by Gasteiger charge is 2.30. The molecule has 3 N–H and O–H groups in total. The number of aliphatic hydroxyl groups excluding tert-OH is 1. The lowest BCUT2D eigenvalue weighted by Crippen LogP contribution is -2.30. The largest absolute Gasteiger partial charge is 0.472 e. The van der Waals surface area contributed by atoms with Gasteiger partial charge in [0.15, 0.2) is 12.2 Å². The molecule has 0 aliphatic rings. The smallest absolute Gasteiger partial charge is 0.462 e. The minimum atomic E-state index is -4.96. The fourth-order valence-corrected chi connectivity index (χ4v) is 12.7. The summed E-state index contributed by atoms with van der Waals surface area (Å²) < 4.78 is 68.5. The molecule has 0 amide bonds.